The summed E-state index contributed by atoms with van der Waals surface area (Å²) in [5, 5.41) is 0. The molecule has 0 N–H and O–H groups in total. The summed E-state index contributed by atoms with van der Waals surface area (Å²) >= 11 is 5.85. The van der Waals surface area contributed by atoms with Gasteiger partial charge in [-0.05, 0) is 50.0 Å². The van der Waals surface area contributed by atoms with E-state index >= 15 is 0 Å². The number of hydrogen-bond donors (Lipinski definition) is 0. The molecule has 2 rings (SSSR count). The van der Waals surface area contributed by atoms with Crippen molar-refractivity contribution in [2.24, 2.45) is 0 Å². The second-order valence-corrected chi connectivity index (χ2v) is 4.72. The first-order valence-electron chi connectivity index (χ1n) is 5.63. The van der Waals surface area contributed by atoms with Crippen LogP contribution >= 0.6 is 11.6 Å². The summed E-state index contributed by atoms with van der Waals surface area (Å²) in [6, 6.07) is 8.74. The fraction of sp³-hybridized carbons (Fsp3) is 0.538. The standard InChI is InChI=1S/C13H18ClN/c1-15-7-5-12(6-8-15)13-4-2-3-11(9-13)10-14/h2-4,9,12H,5-8,10H2,1H3. The van der Waals surface area contributed by atoms with Gasteiger partial charge < -0.3 is 4.90 Å². The number of benzene rings is 1. The van der Waals surface area contributed by atoms with E-state index in [4.69, 9.17) is 11.6 Å². The summed E-state index contributed by atoms with van der Waals surface area (Å²) in [4.78, 5) is 2.40. The van der Waals surface area contributed by atoms with Gasteiger partial charge in [0, 0.05) is 5.88 Å². The quantitative estimate of drug-likeness (QED) is 0.696. The van der Waals surface area contributed by atoms with Crippen LogP contribution in [0.25, 0.3) is 0 Å². The van der Waals surface area contributed by atoms with Crippen LogP contribution in [-0.2, 0) is 5.88 Å². The molecule has 1 aromatic carbocycles. The summed E-state index contributed by atoms with van der Waals surface area (Å²) in [5.41, 5.74) is 2.72. The maximum absolute atomic E-state index is 5.85. The smallest absolute Gasteiger partial charge is 0.0474 e. The van der Waals surface area contributed by atoms with Gasteiger partial charge >= 0.3 is 0 Å². The number of nitrogens with zero attached hydrogens (tertiary/aromatic N) is 1. The van der Waals surface area contributed by atoms with Crippen molar-refractivity contribution < 1.29 is 0 Å². The largest absolute Gasteiger partial charge is 0.306 e. The van der Waals surface area contributed by atoms with Crippen LogP contribution in [0.15, 0.2) is 24.3 Å². The van der Waals surface area contributed by atoms with Crippen LogP contribution in [-0.4, -0.2) is 25.0 Å². The van der Waals surface area contributed by atoms with Crippen molar-refractivity contribution in [2.75, 3.05) is 20.1 Å². The number of likely N-dealkylation sites (tertiary alicyclic amines) is 1. The van der Waals surface area contributed by atoms with Crippen molar-refractivity contribution in [1.82, 2.24) is 4.90 Å². The third kappa shape index (κ3) is 2.73. The van der Waals surface area contributed by atoms with E-state index < -0.39 is 0 Å². The van der Waals surface area contributed by atoms with Crippen molar-refractivity contribution in [2.45, 2.75) is 24.6 Å². The average Bonchev–Trinajstić information content (AvgIpc) is 2.30. The molecular weight excluding hydrogens is 206 g/mol. The molecule has 15 heavy (non-hydrogen) atoms. The Morgan fingerprint density at radius 2 is 2.07 bits per heavy atom. The Bertz CT molecular complexity index is 316. The van der Waals surface area contributed by atoms with Crippen LogP contribution in [0.4, 0.5) is 0 Å². The highest BCUT2D eigenvalue weighted by Gasteiger charge is 2.18. The Morgan fingerprint density at radius 1 is 1.33 bits per heavy atom. The lowest BCUT2D eigenvalue weighted by atomic mass is 9.89. The van der Waals surface area contributed by atoms with Gasteiger partial charge in [0.1, 0.15) is 0 Å². The fourth-order valence-corrected chi connectivity index (χ4v) is 2.44. The molecule has 0 aromatic heterocycles. The zero-order valence-electron chi connectivity index (χ0n) is 9.25. The SMILES string of the molecule is CN1CCC(c2cccc(CCl)c2)CC1. The van der Waals surface area contributed by atoms with Gasteiger partial charge in [0.15, 0.2) is 0 Å². The van der Waals surface area contributed by atoms with E-state index in [1.807, 2.05) is 0 Å². The monoisotopic (exact) mass is 223 g/mol. The summed E-state index contributed by atoms with van der Waals surface area (Å²) < 4.78 is 0. The predicted molar refractivity (Wildman–Crippen MR) is 65.5 cm³/mol. The van der Waals surface area contributed by atoms with Gasteiger partial charge in [0.25, 0.3) is 0 Å². The summed E-state index contributed by atoms with van der Waals surface area (Å²) in [6.07, 6.45) is 2.56. The van der Waals surface area contributed by atoms with Crippen LogP contribution in [0.1, 0.15) is 29.9 Å². The minimum absolute atomic E-state index is 0.625. The zero-order chi connectivity index (χ0) is 10.7. The van der Waals surface area contributed by atoms with Crippen LogP contribution in [0.2, 0.25) is 0 Å². The molecule has 2 heteroatoms. The van der Waals surface area contributed by atoms with E-state index in [0.29, 0.717) is 5.88 Å². The highest BCUT2D eigenvalue weighted by molar-refractivity contribution is 6.17. The van der Waals surface area contributed by atoms with Crippen molar-refractivity contribution in [3.05, 3.63) is 35.4 Å². The summed E-state index contributed by atoms with van der Waals surface area (Å²) in [5.74, 6) is 1.37. The Morgan fingerprint density at radius 3 is 2.73 bits per heavy atom. The average molecular weight is 224 g/mol. The lowest BCUT2D eigenvalue weighted by Crippen LogP contribution is -2.29. The van der Waals surface area contributed by atoms with Crippen LogP contribution < -0.4 is 0 Å². The molecule has 1 aromatic rings. The second kappa shape index (κ2) is 5.00. The molecule has 1 nitrogen and oxygen atoms in total. The molecule has 0 radical (unpaired) electrons. The molecule has 0 spiro atoms. The summed E-state index contributed by atoms with van der Waals surface area (Å²) in [7, 11) is 2.20. The van der Waals surface area contributed by atoms with Gasteiger partial charge in [-0.1, -0.05) is 24.3 Å². The third-order valence-corrected chi connectivity index (χ3v) is 3.60. The lowest BCUT2D eigenvalue weighted by Gasteiger charge is -2.29. The number of rotatable bonds is 2. The Kier molecular flexibility index (Phi) is 3.66. The number of hydrogen-bond acceptors (Lipinski definition) is 1. The normalized spacial score (nSPS) is 19.3. The van der Waals surface area contributed by atoms with Crippen LogP contribution in [0, 0.1) is 0 Å². The molecule has 1 aliphatic rings. The van der Waals surface area contributed by atoms with Crippen LogP contribution in [0.5, 0.6) is 0 Å². The molecule has 0 aliphatic carbocycles. The Labute approximate surface area is 97.0 Å². The van der Waals surface area contributed by atoms with E-state index in [-0.39, 0.29) is 0 Å². The highest BCUT2D eigenvalue weighted by Crippen LogP contribution is 2.28. The first kappa shape index (κ1) is 11.0. The van der Waals surface area contributed by atoms with Crippen molar-refractivity contribution in [1.29, 1.82) is 0 Å². The van der Waals surface area contributed by atoms with E-state index in [1.54, 1.807) is 0 Å². The van der Waals surface area contributed by atoms with E-state index in [0.717, 1.165) is 5.92 Å². The van der Waals surface area contributed by atoms with Gasteiger partial charge in [0.05, 0.1) is 0 Å². The first-order chi connectivity index (χ1) is 7.29. The van der Waals surface area contributed by atoms with Gasteiger partial charge in [-0.15, -0.1) is 11.6 Å². The molecular formula is C13H18ClN. The van der Waals surface area contributed by atoms with E-state index in [1.165, 1.54) is 37.1 Å². The topological polar surface area (TPSA) is 3.24 Å². The molecule has 0 bridgehead atoms. The maximum atomic E-state index is 5.85. The maximum Gasteiger partial charge on any atom is 0.0474 e. The highest BCUT2D eigenvalue weighted by atomic mass is 35.5. The molecule has 0 atom stereocenters. The van der Waals surface area contributed by atoms with E-state index in [9.17, 15) is 0 Å². The lowest BCUT2D eigenvalue weighted by molar-refractivity contribution is 0.255. The van der Waals surface area contributed by atoms with E-state index in [2.05, 4.69) is 36.2 Å². The Hall–Kier alpha value is -0.530. The van der Waals surface area contributed by atoms with Crippen molar-refractivity contribution in [3.8, 4) is 0 Å². The van der Waals surface area contributed by atoms with Crippen LogP contribution in [0.3, 0.4) is 0 Å². The molecule has 1 saturated heterocycles. The van der Waals surface area contributed by atoms with Gasteiger partial charge in [-0.25, -0.2) is 0 Å². The second-order valence-electron chi connectivity index (χ2n) is 4.46. The molecule has 0 amide bonds. The predicted octanol–water partition coefficient (Wildman–Crippen LogP) is 3.23. The molecule has 1 heterocycles. The first-order valence-corrected chi connectivity index (χ1v) is 6.16. The fourth-order valence-electron chi connectivity index (χ4n) is 2.27. The molecule has 0 saturated carbocycles. The Balaban J connectivity index is 2.08. The molecule has 1 fully saturated rings. The minimum atomic E-state index is 0.625. The minimum Gasteiger partial charge on any atom is -0.306 e. The molecule has 0 unspecified atom stereocenters. The number of alkyl halides is 1. The van der Waals surface area contributed by atoms with Gasteiger partial charge in [-0.3, -0.25) is 0 Å². The van der Waals surface area contributed by atoms with Gasteiger partial charge in [0.2, 0.25) is 0 Å². The molecule has 1 aliphatic heterocycles. The zero-order valence-corrected chi connectivity index (χ0v) is 10.0. The summed E-state index contributed by atoms with van der Waals surface area (Å²) in [6.45, 7) is 2.44. The van der Waals surface area contributed by atoms with Crippen molar-refractivity contribution >= 4 is 11.6 Å². The third-order valence-electron chi connectivity index (χ3n) is 3.30. The number of piperidine rings is 1. The van der Waals surface area contributed by atoms with Crippen molar-refractivity contribution in [3.63, 3.8) is 0 Å². The molecule has 82 valence electrons. The number of halogens is 1. The van der Waals surface area contributed by atoms with Gasteiger partial charge in [-0.2, -0.15) is 0 Å².